The summed E-state index contributed by atoms with van der Waals surface area (Å²) < 4.78 is 10.3. The Labute approximate surface area is 139 Å². The summed E-state index contributed by atoms with van der Waals surface area (Å²) in [5.74, 6) is -0.824. The molecule has 1 heterocycles. The summed E-state index contributed by atoms with van der Waals surface area (Å²) in [5.41, 5.74) is 0.401. The van der Waals surface area contributed by atoms with E-state index in [1.54, 1.807) is 45.0 Å². The number of rotatable bonds is 3. The maximum absolute atomic E-state index is 11.9. The lowest BCUT2D eigenvalue weighted by Crippen LogP contribution is -2.27. The Morgan fingerprint density at radius 3 is 2.55 bits per heavy atom. The number of ether oxygens (including phenoxy) is 2. The van der Waals surface area contributed by atoms with Gasteiger partial charge in [0, 0.05) is 0 Å². The van der Waals surface area contributed by atoms with E-state index < -0.39 is 17.5 Å². The Bertz CT molecular complexity index is 644. The third-order valence-corrected chi connectivity index (χ3v) is 3.79. The monoisotopic (exact) mass is 342 g/mol. The molecule has 1 aliphatic rings. The van der Waals surface area contributed by atoms with Crippen LogP contribution < -0.4 is 0 Å². The average molecular weight is 343 g/mol. The second kappa shape index (κ2) is 6.31. The van der Waals surface area contributed by atoms with Gasteiger partial charge in [-0.25, -0.2) is 4.79 Å². The molecular formula is C16H16Cl2O4. The van der Waals surface area contributed by atoms with Crippen LogP contribution in [0.15, 0.2) is 24.3 Å². The number of carbonyl (C=O) groups is 2. The summed E-state index contributed by atoms with van der Waals surface area (Å²) >= 11 is 11.8. The summed E-state index contributed by atoms with van der Waals surface area (Å²) in [7, 11) is 0. The first-order valence-corrected chi connectivity index (χ1v) is 7.49. The van der Waals surface area contributed by atoms with Gasteiger partial charge in [0.05, 0.1) is 21.0 Å². The van der Waals surface area contributed by atoms with E-state index in [4.69, 9.17) is 32.7 Å². The highest BCUT2D eigenvalue weighted by Gasteiger charge is 2.30. The van der Waals surface area contributed by atoms with Crippen LogP contribution in [0, 0.1) is 5.41 Å². The van der Waals surface area contributed by atoms with Crippen LogP contribution in [-0.4, -0.2) is 24.6 Å². The molecule has 6 heteroatoms. The van der Waals surface area contributed by atoms with Gasteiger partial charge in [0.2, 0.25) is 0 Å². The molecule has 1 aromatic carbocycles. The molecule has 118 valence electrons. The minimum atomic E-state index is -0.598. The van der Waals surface area contributed by atoms with Crippen molar-refractivity contribution in [3.05, 3.63) is 39.9 Å². The van der Waals surface area contributed by atoms with Crippen LogP contribution in [0.2, 0.25) is 10.0 Å². The van der Waals surface area contributed by atoms with Crippen molar-refractivity contribution >= 4 is 40.7 Å². The number of cyclic esters (lactones) is 1. The van der Waals surface area contributed by atoms with E-state index in [0.717, 1.165) is 0 Å². The van der Waals surface area contributed by atoms with Crippen molar-refractivity contribution in [2.24, 2.45) is 5.41 Å². The maximum Gasteiger partial charge on any atom is 0.339 e. The van der Waals surface area contributed by atoms with Crippen molar-refractivity contribution in [2.75, 3.05) is 6.61 Å². The van der Waals surface area contributed by atoms with Crippen LogP contribution in [0.25, 0.3) is 5.57 Å². The van der Waals surface area contributed by atoms with Gasteiger partial charge >= 0.3 is 11.9 Å². The Balaban J connectivity index is 2.09. The molecule has 4 nitrogen and oxygen atoms in total. The molecule has 1 aliphatic heterocycles. The molecule has 0 spiro atoms. The summed E-state index contributed by atoms with van der Waals surface area (Å²) in [4.78, 5) is 23.6. The van der Waals surface area contributed by atoms with E-state index in [1.165, 1.54) is 0 Å². The van der Waals surface area contributed by atoms with Crippen molar-refractivity contribution in [3.8, 4) is 0 Å². The molecule has 0 amide bonds. The van der Waals surface area contributed by atoms with Gasteiger partial charge in [-0.15, -0.1) is 0 Å². The van der Waals surface area contributed by atoms with Crippen molar-refractivity contribution < 1.29 is 19.1 Å². The minimum absolute atomic E-state index is 0.00728. The van der Waals surface area contributed by atoms with E-state index in [1.807, 2.05) is 0 Å². The molecule has 0 aliphatic carbocycles. The highest BCUT2D eigenvalue weighted by molar-refractivity contribution is 6.42. The predicted octanol–water partition coefficient (Wildman–Crippen LogP) is 3.89. The van der Waals surface area contributed by atoms with Crippen LogP contribution in [0.5, 0.6) is 0 Å². The molecule has 0 saturated heterocycles. The Morgan fingerprint density at radius 2 is 1.95 bits per heavy atom. The van der Waals surface area contributed by atoms with Crippen molar-refractivity contribution in [3.63, 3.8) is 0 Å². The van der Waals surface area contributed by atoms with Gasteiger partial charge in [-0.3, -0.25) is 4.79 Å². The molecular weight excluding hydrogens is 327 g/mol. The molecule has 0 fully saturated rings. The fourth-order valence-electron chi connectivity index (χ4n) is 1.82. The van der Waals surface area contributed by atoms with E-state index in [2.05, 4.69) is 0 Å². The number of hydrogen-bond acceptors (Lipinski definition) is 4. The Morgan fingerprint density at radius 1 is 1.27 bits per heavy atom. The first-order chi connectivity index (χ1) is 10.2. The van der Waals surface area contributed by atoms with Crippen molar-refractivity contribution in [1.29, 1.82) is 0 Å². The van der Waals surface area contributed by atoms with E-state index in [0.29, 0.717) is 21.2 Å². The van der Waals surface area contributed by atoms with Gasteiger partial charge < -0.3 is 9.47 Å². The first kappa shape index (κ1) is 16.8. The lowest BCUT2D eigenvalue weighted by atomic mass is 9.97. The molecule has 0 aromatic heterocycles. The SMILES string of the molecule is CC(C)(C)C(=O)OC[C@H]1C=C(c2ccc(Cl)c(Cl)c2)C(=O)O1. The standard InChI is InChI=1S/C16H16Cl2O4/c1-16(2,3)15(20)21-8-10-7-11(14(19)22-10)9-4-5-12(17)13(18)6-9/h4-7,10H,8H2,1-3H3/t10-/m1/s1. The molecule has 1 aromatic rings. The summed E-state index contributed by atoms with van der Waals surface area (Å²) in [6.45, 7) is 5.26. The maximum atomic E-state index is 11.9. The van der Waals surface area contributed by atoms with E-state index in [9.17, 15) is 9.59 Å². The molecule has 22 heavy (non-hydrogen) atoms. The largest absolute Gasteiger partial charge is 0.461 e. The lowest BCUT2D eigenvalue weighted by molar-refractivity contribution is -0.158. The molecule has 0 bridgehead atoms. The number of halogens is 2. The number of hydrogen-bond donors (Lipinski definition) is 0. The average Bonchev–Trinajstić information content (AvgIpc) is 2.79. The van der Waals surface area contributed by atoms with Gasteiger partial charge in [0.15, 0.2) is 6.10 Å². The van der Waals surface area contributed by atoms with Crippen LogP contribution in [0.1, 0.15) is 26.3 Å². The zero-order valence-corrected chi connectivity index (χ0v) is 14.0. The zero-order valence-electron chi connectivity index (χ0n) is 12.5. The Hall–Kier alpha value is -1.52. The van der Waals surface area contributed by atoms with Crippen LogP contribution >= 0.6 is 23.2 Å². The number of esters is 2. The van der Waals surface area contributed by atoms with Gasteiger partial charge in [-0.1, -0.05) is 29.3 Å². The second-order valence-electron chi connectivity index (χ2n) is 6.00. The third kappa shape index (κ3) is 3.81. The zero-order chi connectivity index (χ0) is 16.5. The summed E-state index contributed by atoms with van der Waals surface area (Å²) in [5, 5.41) is 0.767. The Kier molecular flexibility index (Phi) is 4.83. The highest BCUT2D eigenvalue weighted by atomic mass is 35.5. The van der Waals surface area contributed by atoms with Crippen LogP contribution in [0.4, 0.5) is 0 Å². The molecule has 1 atom stereocenters. The third-order valence-electron chi connectivity index (χ3n) is 3.05. The second-order valence-corrected chi connectivity index (χ2v) is 6.82. The molecule has 2 rings (SSSR count). The topological polar surface area (TPSA) is 52.6 Å². The molecule has 0 radical (unpaired) electrons. The van der Waals surface area contributed by atoms with Crippen LogP contribution in [0.3, 0.4) is 0 Å². The number of carbonyl (C=O) groups excluding carboxylic acids is 2. The fraction of sp³-hybridized carbons (Fsp3) is 0.375. The van der Waals surface area contributed by atoms with Crippen LogP contribution in [-0.2, 0) is 19.1 Å². The summed E-state index contributed by atoms with van der Waals surface area (Å²) in [6, 6.07) is 4.89. The molecule has 0 unspecified atom stereocenters. The number of benzene rings is 1. The first-order valence-electron chi connectivity index (χ1n) is 6.74. The predicted molar refractivity (Wildman–Crippen MR) is 84.7 cm³/mol. The van der Waals surface area contributed by atoms with E-state index in [-0.39, 0.29) is 12.6 Å². The lowest BCUT2D eigenvalue weighted by Gasteiger charge is -2.17. The van der Waals surface area contributed by atoms with Gasteiger partial charge in [0.1, 0.15) is 6.61 Å². The summed E-state index contributed by atoms with van der Waals surface area (Å²) in [6.07, 6.45) is 1.03. The van der Waals surface area contributed by atoms with Gasteiger partial charge in [-0.05, 0) is 44.5 Å². The molecule has 0 N–H and O–H groups in total. The van der Waals surface area contributed by atoms with Gasteiger partial charge in [-0.2, -0.15) is 0 Å². The van der Waals surface area contributed by atoms with Crippen molar-refractivity contribution in [1.82, 2.24) is 0 Å². The smallest absolute Gasteiger partial charge is 0.339 e. The minimum Gasteiger partial charge on any atom is -0.461 e. The van der Waals surface area contributed by atoms with Crippen molar-refractivity contribution in [2.45, 2.75) is 26.9 Å². The molecule has 0 saturated carbocycles. The fourth-order valence-corrected chi connectivity index (χ4v) is 2.12. The van der Waals surface area contributed by atoms with E-state index >= 15 is 0 Å². The normalized spacial score (nSPS) is 18.0. The highest BCUT2D eigenvalue weighted by Crippen LogP contribution is 2.30. The van der Waals surface area contributed by atoms with Gasteiger partial charge in [0.25, 0.3) is 0 Å². The quantitative estimate of drug-likeness (QED) is 0.782.